The first-order valence-corrected chi connectivity index (χ1v) is 6.19. The van der Waals surface area contributed by atoms with Crippen molar-refractivity contribution in [2.24, 2.45) is 0 Å². The summed E-state index contributed by atoms with van der Waals surface area (Å²) in [6, 6.07) is 8.88. The molecule has 0 saturated carbocycles. The summed E-state index contributed by atoms with van der Waals surface area (Å²) in [6.07, 6.45) is 6.54. The van der Waals surface area contributed by atoms with Gasteiger partial charge >= 0.3 is 0 Å². The first-order valence-electron chi connectivity index (χ1n) is 6.19. The Balaban J connectivity index is 2.04. The molecule has 0 saturated heterocycles. The summed E-state index contributed by atoms with van der Waals surface area (Å²) in [5, 5.41) is 2.26. The lowest BCUT2D eigenvalue weighted by molar-refractivity contribution is 0.603. The normalized spacial score (nSPS) is 11.2. The summed E-state index contributed by atoms with van der Waals surface area (Å²) in [4.78, 5) is 8.25. The zero-order valence-electron chi connectivity index (χ0n) is 10.4. The zero-order chi connectivity index (χ0) is 13.5. The second-order valence-corrected chi connectivity index (χ2v) is 4.56. The highest BCUT2D eigenvalue weighted by Gasteiger charge is 2.09. The number of hydrogen-bond acceptors (Lipinski definition) is 3. The second kappa shape index (κ2) is 4.13. The molecule has 4 heteroatoms. The van der Waals surface area contributed by atoms with Gasteiger partial charge in [-0.25, -0.2) is 9.37 Å². The van der Waals surface area contributed by atoms with Crippen LogP contribution in [0.5, 0.6) is 0 Å². The van der Waals surface area contributed by atoms with Crippen LogP contribution in [0.1, 0.15) is 0 Å². The van der Waals surface area contributed by atoms with Crippen molar-refractivity contribution in [3.05, 3.63) is 61.0 Å². The molecule has 0 N–H and O–H groups in total. The van der Waals surface area contributed by atoms with Crippen LogP contribution in [0, 0.1) is 5.82 Å². The Bertz CT molecular complexity index is 930. The van der Waals surface area contributed by atoms with E-state index in [0.29, 0.717) is 11.1 Å². The number of rotatable bonds is 1. The molecule has 4 rings (SSSR count). The van der Waals surface area contributed by atoms with E-state index < -0.39 is 0 Å². The standard InChI is InChI=1S/C16H9FN2O/c17-15-2-1-12(13-3-5-18-9-14(13)15)11-7-10-4-6-20-16(10)19-8-11/h1-9H. The molecule has 96 valence electrons. The monoisotopic (exact) mass is 264 g/mol. The molecular weight excluding hydrogens is 255 g/mol. The SMILES string of the molecule is Fc1ccc(-c2cnc3occc3c2)c2ccncc12. The zero-order valence-corrected chi connectivity index (χ0v) is 10.4. The van der Waals surface area contributed by atoms with Gasteiger partial charge < -0.3 is 4.42 Å². The highest BCUT2D eigenvalue weighted by molar-refractivity contribution is 5.97. The number of aromatic nitrogens is 2. The molecule has 0 unspecified atom stereocenters. The van der Waals surface area contributed by atoms with Gasteiger partial charge in [0.1, 0.15) is 5.82 Å². The van der Waals surface area contributed by atoms with Crippen molar-refractivity contribution in [1.29, 1.82) is 0 Å². The quantitative estimate of drug-likeness (QED) is 0.517. The first kappa shape index (κ1) is 11.1. The lowest BCUT2D eigenvalue weighted by Crippen LogP contribution is -1.87. The Hall–Kier alpha value is -2.75. The number of nitrogens with zero attached hydrogens (tertiary/aromatic N) is 2. The molecule has 20 heavy (non-hydrogen) atoms. The molecular formula is C16H9FN2O. The molecule has 0 amide bonds. The van der Waals surface area contributed by atoms with Gasteiger partial charge in [-0.2, -0.15) is 0 Å². The van der Waals surface area contributed by atoms with E-state index in [1.54, 1.807) is 24.7 Å². The summed E-state index contributed by atoms with van der Waals surface area (Å²) < 4.78 is 19.0. The maximum atomic E-state index is 13.8. The van der Waals surface area contributed by atoms with Crippen LogP contribution in [-0.2, 0) is 0 Å². The topological polar surface area (TPSA) is 38.9 Å². The van der Waals surface area contributed by atoms with Crippen LogP contribution in [0.15, 0.2) is 59.6 Å². The minimum atomic E-state index is -0.269. The van der Waals surface area contributed by atoms with Gasteiger partial charge in [-0.1, -0.05) is 6.07 Å². The molecule has 0 spiro atoms. The highest BCUT2D eigenvalue weighted by Crippen LogP contribution is 2.30. The predicted molar refractivity (Wildman–Crippen MR) is 74.7 cm³/mol. The molecule has 4 aromatic rings. The van der Waals surface area contributed by atoms with Gasteiger partial charge in [0, 0.05) is 34.9 Å². The molecule has 0 bridgehead atoms. The number of fused-ring (bicyclic) bond motifs is 2. The molecule has 0 aliphatic heterocycles. The molecule has 0 aliphatic carbocycles. The highest BCUT2D eigenvalue weighted by atomic mass is 19.1. The molecule has 1 aromatic carbocycles. The fraction of sp³-hybridized carbons (Fsp3) is 0. The van der Waals surface area contributed by atoms with Crippen LogP contribution in [0.3, 0.4) is 0 Å². The van der Waals surface area contributed by atoms with E-state index >= 15 is 0 Å². The second-order valence-electron chi connectivity index (χ2n) is 4.56. The number of pyridine rings is 2. The van der Waals surface area contributed by atoms with Gasteiger partial charge in [-0.15, -0.1) is 0 Å². The van der Waals surface area contributed by atoms with E-state index in [9.17, 15) is 4.39 Å². The Morgan fingerprint density at radius 2 is 1.95 bits per heavy atom. The van der Waals surface area contributed by atoms with Gasteiger partial charge in [0.05, 0.1) is 6.26 Å². The van der Waals surface area contributed by atoms with Crippen LogP contribution in [-0.4, -0.2) is 9.97 Å². The van der Waals surface area contributed by atoms with Crippen molar-refractivity contribution in [2.45, 2.75) is 0 Å². The molecule has 0 radical (unpaired) electrons. The number of hydrogen-bond donors (Lipinski definition) is 0. The van der Waals surface area contributed by atoms with E-state index in [1.165, 1.54) is 12.3 Å². The van der Waals surface area contributed by atoms with Crippen molar-refractivity contribution in [2.75, 3.05) is 0 Å². The molecule has 0 aliphatic rings. The molecule has 3 nitrogen and oxygen atoms in total. The summed E-state index contributed by atoms with van der Waals surface area (Å²) in [6.45, 7) is 0. The maximum absolute atomic E-state index is 13.8. The Morgan fingerprint density at radius 1 is 1.00 bits per heavy atom. The van der Waals surface area contributed by atoms with Crippen LogP contribution < -0.4 is 0 Å². The average molecular weight is 264 g/mol. The minimum absolute atomic E-state index is 0.269. The van der Waals surface area contributed by atoms with Crippen molar-refractivity contribution in [1.82, 2.24) is 9.97 Å². The molecule has 0 atom stereocenters. The Labute approximate surface area is 113 Å². The summed E-state index contributed by atoms with van der Waals surface area (Å²) >= 11 is 0. The van der Waals surface area contributed by atoms with Crippen molar-refractivity contribution < 1.29 is 8.81 Å². The van der Waals surface area contributed by atoms with Gasteiger partial charge in [0.25, 0.3) is 0 Å². The van der Waals surface area contributed by atoms with Gasteiger partial charge in [-0.3, -0.25) is 4.98 Å². The lowest BCUT2D eigenvalue weighted by atomic mass is 10.00. The number of halogens is 1. The molecule has 3 heterocycles. The average Bonchev–Trinajstić information content (AvgIpc) is 2.95. The smallest absolute Gasteiger partial charge is 0.225 e. The third-order valence-electron chi connectivity index (χ3n) is 3.38. The van der Waals surface area contributed by atoms with E-state index in [1.807, 2.05) is 18.2 Å². The maximum Gasteiger partial charge on any atom is 0.225 e. The summed E-state index contributed by atoms with van der Waals surface area (Å²) in [7, 11) is 0. The van der Waals surface area contributed by atoms with Crippen LogP contribution in [0.2, 0.25) is 0 Å². The first-order chi connectivity index (χ1) is 9.83. The van der Waals surface area contributed by atoms with Gasteiger partial charge in [-0.05, 0) is 35.2 Å². The minimum Gasteiger partial charge on any atom is -0.446 e. The predicted octanol–water partition coefficient (Wildman–Crippen LogP) is 4.18. The van der Waals surface area contributed by atoms with E-state index in [2.05, 4.69) is 9.97 Å². The fourth-order valence-corrected chi connectivity index (χ4v) is 2.41. The molecule has 0 fully saturated rings. The number of furan rings is 1. The van der Waals surface area contributed by atoms with Crippen molar-refractivity contribution in [3.63, 3.8) is 0 Å². The third kappa shape index (κ3) is 1.58. The lowest BCUT2D eigenvalue weighted by Gasteiger charge is -2.07. The van der Waals surface area contributed by atoms with Crippen molar-refractivity contribution in [3.8, 4) is 11.1 Å². The number of benzene rings is 1. The van der Waals surface area contributed by atoms with Crippen LogP contribution in [0.4, 0.5) is 4.39 Å². The van der Waals surface area contributed by atoms with Crippen LogP contribution in [0.25, 0.3) is 33.0 Å². The van der Waals surface area contributed by atoms with Gasteiger partial charge in [0.2, 0.25) is 5.71 Å². The Kier molecular flexibility index (Phi) is 2.29. The van der Waals surface area contributed by atoms with E-state index in [-0.39, 0.29) is 5.82 Å². The largest absolute Gasteiger partial charge is 0.446 e. The Morgan fingerprint density at radius 3 is 2.90 bits per heavy atom. The summed E-state index contributed by atoms with van der Waals surface area (Å²) in [5.41, 5.74) is 2.45. The fourth-order valence-electron chi connectivity index (χ4n) is 2.41. The van der Waals surface area contributed by atoms with E-state index in [0.717, 1.165) is 21.9 Å². The molecule has 3 aromatic heterocycles. The van der Waals surface area contributed by atoms with Gasteiger partial charge in [0.15, 0.2) is 0 Å². The summed E-state index contributed by atoms with van der Waals surface area (Å²) in [5.74, 6) is -0.269. The van der Waals surface area contributed by atoms with Crippen LogP contribution >= 0.6 is 0 Å². The van der Waals surface area contributed by atoms with Crippen molar-refractivity contribution >= 4 is 21.9 Å². The van der Waals surface area contributed by atoms with E-state index in [4.69, 9.17) is 4.42 Å². The third-order valence-corrected chi connectivity index (χ3v) is 3.38.